The number of nitriles is 1. The lowest BCUT2D eigenvalue weighted by Crippen LogP contribution is -2.05. The summed E-state index contributed by atoms with van der Waals surface area (Å²) in [5.74, 6) is 0.996. The first kappa shape index (κ1) is 14.7. The van der Waals surface area contributed by atoms with Gasteiger partial charge in [0.2, 0.25) is 0 Å². The predicted molar refractivity (Wildman–Crippen MR) is 103 cm³/mol. The van der Waals surface area contributed by atoms with Gasteiger partial charge in [0.1, 0.15) is 11.9 Å². The quantitative estimate of drug-likeness (QED) is 0.585. The standard InChI is InChI=1S/C22H16N4/c23-14-16-7-2-4-11-20(16)26-22-19(12-13-24-22)21(25-26)18-10-5-8-15-6-1-3-9-17(15)18/h1-11,24H,12-13H2. The number of para-hydroxylation sites is 1. The fourth-order valence-electron chi connectivity index (χ4n) is 3.75. The van der Waals surface area contributed by atoms with Gasteiger partial charge in [0, 0.05) is 17.7 Å². The van der Waals surface area contributed by atoms with Crippen LogP contribution >= 0.6 is 0 Å². The smallest absolute Gasteiger partial charge is 0.133 e. The van der Waals surface area contributed by atoms with E-state index in [9.17, 15) is 5.26 Å². The van der Waals surface area contributed by atoms with E-state index in [0.717, 1.165) is 35.7 Å². The van der Waals surface area contributed by atoms with Gasteiger partial charge in [0.25, 0.3) is 0 Å². The van der Waals surface area contributed by atoms with E-state index in [1.165, 1.54) is 16.3 Å². The third-order valence-corrected chi connectivity index (χ3v) is 4.95. The Labute approximate surface area is 151 Å². The van der Waals surface area contributed by atoms with Gasteiger partial charge in [0.15, 0.2) is 0 Å². The van der Waals surface area contributed by atoms with Crippen LogP contribution in [0.3, 0.4) is 0 Å². The normalized spacial score (nSPS) is 12.6. The van der Waals surface area contributed by atoms with Crippen LogP contribution in [0.5, 0.6) is 0 Å². The van der Waals surface area contributed by atoms with E-state index in [2.05, 4.69) is 53.9 Å². The average Bonchev–Trinajstić information content (AvgIpc) is 3.30. The highest BCUT2D eigenvalue weighted by atomic mass is 15.3. The van der Waals surface area contributed by atoms with Crippen LogP contribution in [0.1, 0.15) is 11.1 Å². The van der Waals surface area contributed by atoms with E-state index >= 15 is 0 Å². The molecular formula is C22H16N4. The van der Waals surface area contributed by atoms with Gasteiger partial charge in [-0.3, -0.25) is 0 Å². The highest BCUT2D eigenvalue weighted by molar-refractivity contribution is 5.97. The molecule has 0 aliphatic carbocycles. The van der Waals surface area contributed by atoms with Crippen molar-refractivity contribution in [1.29, 1.82) is 5.26 Å². The molecule has 1 aliphatic rings. The van der Waals surface area contributed by atoms with Crippen LogP contribution in [0.2, 0.25) is 0 Å². The Hall–Kier alpha value is -3.58. The van der Waals surface area contributed by atoms with Crippen LogP contribution in [0.15, 0.2) is 66.7 Å². The predicted octanol–water partition coefficient (Wildman–Crippen LogP) is 4.53. The zero-order chi connectivity index (χ0) is 17.5. The molecule has 4 heteroatoms. The van der Waals surface area contributed by atoms with Crippen molar-refractivity contribution in [1.82, 2.24) is 9.78 Å². The van der Waals surface area contributed by atoms with Crippen LogP contribution in [0.4, 0.5) is 5.82 Å². The third-order valence-electron chi connectivity index (χ3n) is 4.95. The molecule has 124 valence electrons. The Balaban J connectivity index is 1.79. The summed E-state index contributed by atoms with van der Waals surface area (Å²) in [6.45, 7) is 0.889. The van der Waals surface area contributed by atoms with Crippen LogP contribution in [0, 0.1) is 11.3 Å². The second kappa shape index (κ2) is 5.75. The van der Waals surface area contributed by atoms with Gasteiger partial charge >= 0.3 is 0 Å². The first-order chi connectivity index (χ1) is 12.9. The molecule has 4 aromatic rings. The molecule has 1 aliphatic heterocycles. The molecule has 0 radical (unpaired) electrons. The molecule has 0 bridgehead atoms. The second-order valence-corrected chi connectivity index (χ2v) is 6.42. The van der Waals surface area contributed by atoms with Crippen LogP contribution in [0.25, 0.3) is 27.7 Å². The number of fused-ring (bicyclic) bond motifs is 2. The van der Waals surface area contributed by atoms with Gasteiger partial charge in [-0.1, -0.05) is 54.6 Å². The molecule has 26 heavy (non-hydrogen) atoms. The summed E-state index contributed by atoms with van der Waals surface area (Å²) in [5, 5.41) is 20.3. The van der Waals surface area contributed by atoms with Crippen LogP contribution in [-0.2, 0) is 6.42 Å². The highest BCUT2D eigenvalue weighted by Gasteiger charge is 2.25. The number of aromatic nitrogens is 2. The molecule has 0 amide bonds. The Morgan fingerprint density at radius 2 is 1.77 bits per heavy atom. The minimum atomic E-state index is 0.621. The van der Waals surface area contributed by atoms with Crippen molar-refractivity contribution >= 4 is 16.6 Å². The van der Waals surface area contributed by atoms with Crippen molar-refractivity contribution in [3.63, 3.8) is 0 Å². The molecule has 0 fully saturated rings. The van der Waals surface area contributed by atoms with E-state index in [0.29, 0.717) is 5.56 Å². The first-order valence-electron chi connectivity index (χ1n) is 8.70. The van der Waals surface area contributed by atoms with Crippen LogP contribution < -0.4 is 5.32 Å². The van der Waals surface area contributed by atoms with Crippen molar-refractivity contribution in [2.75, 3.05) is 11.9 Å². The van der Waals surface area contributed by atoms with Crippen molar-refractivity contribution < 1.29 is 0 Å². The molecule has 3 aromatic carbocycles. The Morgan fingerprint density at radius 1 is 0.962 bits per heavy atom. The van der Waals surface area contributed by atoms with Gasteiger partial charge in [-0.25, -0.2) is 4.68 Å². The molecule has 0 unspecified atom stereocenters. The highest BCUT2D eigenvalue weighted by Crippen LogP contribution is 2.37. The van der Waals surface area contributed by atoms with Gasteiger partial charge in [0.05, 0.1) is 16.9 Å². The van der Waals surface area contributed by atoms with Gasteiger partial charge in [-0.15, -0.1) is 0 Å². The minimum absolute atomic E-state index is 0.621. The lowest BCUT2D eigenvalue weighted by atomic mass is 9.99. The molecule has 1 aromatic heterocycles. The maximum atomic E-state index is 9.48. The Kier molecular flexibility index (Phi) is 3.26. The molecule has 1 N–H and O–H groups in total. The number of hydrogen-bond acceptors (Lipinski definition) is 3. The molecule has 0 atom stereocenters. The minimum Gasteiger partial charge on any atom is -0.369 e. The van der Waals surface area contributed by atoms with E-state index in [1.807, 2.05) is 28.9 Å². The van der Waals surface area contributed by atoms with Crippen LogP contribution in [-0.4, -0.2) is 16.3 Å². The summed E-state index contributed by atoms with van der Waals surface area (Å²) in [6, 6.07) is 24.6. The molecule has 0 saturated heterocycles. The molecular weight excluding hydrogens is 320 g/mol. The zero-order valence-corrected chi connectivity index (χ0v) is 14.1. The summed E-state index contributed by atoms with van der Waals surface area (Å²) in [6.07, 6.45) is 0.933. The number of nitrogens with one attached hydrogen (secondary N) is 1. The van der Waals surface area contributed by atoms with Crippen molar-refractivity contribution in [3.05, 3.63) is 77.9 Å². The first-order valence-corrected chi connectivity index (χ1v) is 8.70. The number of benzene rings is 3. The second-order valence-electron chi connectivity index (χ2n) is 6.42. The summed E-state index contributed by atoms with van der Waals surface area (Å²) < 4.78 is 1.89. The zero-order valence-electron chi connectivity index (χ0n) is 14.1. The molecule has 4 nitrogen and oxygen atoms in total. The van der Waals surface area contributed by atoms with E-state index < -0.39 is 0 Å². The molecule has 2 heterocycles. The lowest BCUT2D eigenvalue weighted by Gasteiger charge is -2.08. The number of hydrogen-bond donors (Lipinski definition) is 1. The summed E-state index contributed by atoms with van der Waals surface area (Å²) in [7, 11) is 0. The molecule has 0 spiro atoms. The Morgan fingerprint density at radius 3 is 2.69 bits per heavy atom. The van der Waals surface area contributed by atoms with Gasteiger partial charge in [-0.2, -0.15) is 10.4 Å². The monoisotopic (exact) mass is 336 g/mol. The topological polar surface area (TPSA) is 53.6 Å². The van der Waals surface area contributed by atoms with E-state index in [-0.39, 0.29) is 0 Å². The largest absolute Gasteiger partial charge is 0.369 e. The average molecular weight is 336 g/mol. The maximum Gasteiger partial charge on any atom is 0.133 e. The van der Waals surface area contributed by atoms with E-state index in [4.69, 9.17) is 5.10 Å². The summed E-state index contributed by atoms with van der Waals surface area (Å²) in [4.78, 5) is 0. The number of anilines is 1. The SMILES string of the molecule is N#Cc1ccccc1-n1nc(-c2cccc3ccccc23)c2c1NCC2. The fraction of sp³-hybridized carbons (Fsp3) is 0.0909. The van der Waals surface area contributed by atoms with Crippen molar-refractivity contribution in [3.8, 4) is 23.0 Å². The number of nitrogens with zero attached hydrogens (tertiary/aromatic N) is 3. The molecule has 5 rings (SSSR count). The lowest BCUT2D eigenvalue weighted by molar-refractivity contribution is 0.880. The molecule has 0 saturated carbocycles. The maximum absolute atomic E-state index is 9.48. The van der Waals surface area contributed by atoms with Gasteiger partial charge in [-0.05, 0) is 29.3 Å². The van der Waals surface area contributed by atoms with Gasteiger partial charge < -0.3 is 5.32 Å². The van der Waals surface area contributed by atoms with Crippen molar-refractivity contribution in [2.45, 2.75) is 6.42 Å². The van der Waals surface area contributed by atoms with Crippen molar-refractivity contribution in [2.24, 2.45) is 0 Å². The fourth-order valence-corrected chi connectivity index (χ4v) is 3.75. The number of rotatable bonds is 2. The third kappa shape index (κ3) is 2.11. The summed E-state index contributed by atoms with van der Waals surface area (Å²) in [5.41, 5.74) is 4.78. The van der Waals surface area contributed by atoms with E-state index in [1.54, 1.807) is 0 Å². The summed E-state index contributed by atoms with van der Waals surface area (Å²) >= 11 is 0. The Bertz CT molecular complexity index is 1180.